The molecular weight excluding hydrogens is 1510 g/mol. The summed E-state index contributed by atoms with van der Waals surface area (Å²) in [6.07, 6.45) is 20.8. The molecule has 1 heterocycles. The van der Waals surface area contributed by atoms with Gasteiger partial charge >= 0.3 is 0 Å². The first-order chi connectivity index (χ1) is 56.5. The van der Waals surface area contributed by atoms with E-state index in [0.29, 0.717) is 104 Å². The van der Waals surface area contributed by atoms with Crippen molar-refractivity contribution in [2.75, 3.05) is 112 Å². The van der Waals surface area contributed by atoms with Crippen LogP contribution in [0.1, 0.15) is 207 Å². The Morgan fingerprint density at radius 1 is 0.448 bits per heavy atom. The fourth-order valence-electron chi connectivity index (χ4n) is 13.2. The van der Waals surface area contributed by atoms with Crippen LogP contribution in [0.15, 0.2) is 187 Å². The van der Waals surface area contributed by atoms with Crippen molar-refractivity contribution in [3.63, 3.8) is 0 Å². The quantitative estimate of drug-likeness (QED) is 0.00814. The first-order valence-electron chi connectivity index (χ1n) is 41.9. The SMILES string of the molecule is CC1(C(NC(=O)CCCNC(=O)C2CCCCC2)(c2ccccc2)c2ccccc2)SCCCS1.CCOCCOC.CCOCCOC.CCOCCOC.C[B]P.NC(=O)CCCNC(=O)C1CCCCC1.O=C(CCCNC(=O)C1CCCCC1)N=C(c1ccccc1)c1ccccc1.O=C(c1ccccc1)c1ccccc1. The van der Waals surface area contributed by atoms with E-state index in [0.717, 1.165) is 129 Å². The van der Waals surface area contributed by atoms with Crippen LogP contribution in [0, 0.1) is 17.8 Å². The van der Waals surface area contributed by atoms with Gasteiger partial charge in [-0.15, -0.1) is 23.5 Å². The van der Waals surface area contributed by atoms with E-state index in [4.69, 9.17) is 34.2 Å². The number of hydrogen-bond acceptors (Lipinski definition) is 15. The summed E-state index contributed by atoms with van der Waals surface area (Å²) in [5, 5.41) is 12.5. The molecule has 0 spiro atoms. The smallest absolute Gasteiger partial charge is 0.246 e. The van der Waals surface area contributed by atoms with E-state index in [9.17, 15) is 33.6 Å². The highest BCUT2D eigenvalue weighted by Crippen LogP contribution is 2.56. The molecule has 6 N–H and O–H groups in total. The number of ketones is 1. The Labute approximate surface area is 706 Å². The normalized spacial score (nSPS) is 14.3. The topological polar surface area (TPSA) is 261 Å². The number of primary amides is 1. The van der Waals surface area contributed by atoms with Crippen LogP contribution in [-0.4, -0.2) is 170 Å². The average Bonchev–Trinajstić information content (AvgIpc) is 0.729. The summed E-state index contributed by atoms with van der Waals surface area (Å²) in [5.41, 5.74) is 10.6. The Morgan fingerprint density at radius 2 is 0.750 bits per heavy atom. The van der Waals surface area contributed by atoms with Gasteiger partial charge in [-0.2, -0.15) is 9.12 Å². The molecule has 1 unspecified atom stereocenters. The van der Waals surface area contributed by atoms with Gasteiger partial charge in [-0.25, -0.2) is 4.99 Å². The minimum atomic E-state index is -0.659. The van der Waals surface area contributed by atoms with Gasteiger partial charge in [0.2, 0.25) is 35.4 Å². The summed E-state index contributed by atoms with van der Waals surface area (Å²) in [6, 6.07) is 59.0. The molecule has 637 valence electrons. The van der Waals surface area contributed by atoms with Gasteiger partial charge < -0.3 is 55.4 Å². The highest BCUT2D eigenvalue weighted by Gasteiger charge is 2.53. The second-order valence-electron chi connectivity index (χ2n) is 28.2. The van der Waals surface area contributed by atoms with E-state index in [1.807, 2.05) is 192 Å². The maximum absolute atomic E-state index is 13.5. The van der Waals surface area contributed by atoms with Gasteiger partial charge in [0.05, 0.1) is 49.4 Å². The number of thioether (sulfide) groups is 2. The Bertz CT molecular complexity index is 3390. The lowest BCUT2D eigenvalue weighted by atomic mass is 9.79. The van der Waals surface area contributed by atoms with Gasteiger partial charge in [0.15, 0.2) is 5.78 Å². The highest BCUT2D eigenvalue weighted by atomic mass is 32.2. The van der Waals surface area contributed by atoms with Crippen LogP contribution < -0.4 is 27.0 Å². The predicted octanol–water partition coefficient (Wildman–Crippen LogP) is 17.0. The monoisotopic (exact) mass is 1650 g/mol. The molecule has 116 heavy (non-hydrogen) atoms. The third-order valence-electron chi connectivity index (χ3n) is 19.3. The van der Waals surface area contributed by atoms with Gasteiger partial charge in [0.25, 0.3) is 0 Å². The molecule has 10 rings (SSSR count). The summed E-state index contributed by atoms with van der Waals surface area (Å²) in [6.45, 7) is 20.3. The Hall–Kier alpha value is -7.37. The lowest BCUT2D eigenvalue weighted by molar-refractivity contribution is -0.127. The number of amides is 6. The maximum Gasteiger partial charge on any atom is 0.246 e. The number of nitrogens with two attached hydrogens (primary N) is 1. The van der Waals surface area contributed by atoms with Crippen LogP contribution in [0.4, 0.5) is 0 Å². The summed E-state index contributed by atoms with van der Waals surface area (Å²) >= 11 is 3.89. The number of ether oxygens (including phenoxy) is 6. The number of methoxy groups -OCH3 is 3. The van der Waals surface area contributed by atoms with Gasteiger partial charge in [0, 0.05) is 120 Å². The largest absolute Gasteiger partial charge is 0.382 e. The third-order valence-corrected chi connectivity index (χ3v) is 22.8. The Balaban J connectivity index is 0.000000380. The first-order valence-corrected chi connectivity index (χ1v) is 44.5. The number of nitrogens with one attached hydrogen (secondary N) is 4. The van der Waals surface area contributed by atoms with Gasteiger partial charge in [-0.1, -0.05) is 247 Å². The number of nitrogens with zero attached hydrogens (tertiary/aromatic N) is 1. The van der Waals surface area contributed by atoms with Gasteiger partial charge in [-0.3, -0.25) is 33.6 Å². The number of rotatable bonds is 35. The summed E-state index contributed by atoms with van der Waals surface area (Å²) in [7, 11) is 7.45. The van der Waals surface area contributed by atoms with Crippen molar-refractivity contribution in [3.8, 4) is 0 Å². The summed E-state index contributed by atoms with van der Waals surface area (Å²) in [4.78, 5) is 88.9. The molecule has 0 aromatic heterocycles. The number of carbonyl (C=O) groups is 7. The van der Waals surface area contributed by atoms with Crippen LogP contribution in [0.5, 0.6) is 0 Å². The molecule has 4 aliphatic rings. The van der Waals surface area contributed by atoms with Crippen molar-refractivity contribution in [1.82, 2.24) is 21.3 Å². The van der Waals surface area contributed by atoms with E-state index < -0.39 is 5.54 Å². The molecule has 0 bridgehead atoms. The summed E-state index contributed by atoms with van der Waals surface area (Å²) < 4.78 is 28.8. The van der Waals surface area contributed by atoms with Crippen molar-refractivity contribution >= 4 is 86.6 Å². The lowest BCUT2D eigenvalue weighted by Gasteiger charge is -2.50. The van der Waals surface area contributed by atoms with Crippen LogP contribution in [0.2, 0.25) is 6.82 Å². The first kappa shape index (κ1) is 103. The zero-order chi connectivity index (χ0) is 84.4. The number of benzene rings is 6. The molecule has 4 fully saturated rings. The third kappa shape index (κ3) is 43.4. The maximum atomic E-state index is 13.5. The molecule has 3 saturated carbocycles. The van der Waals surface area contributed by atoms with Crippen molar-refractivity contribution in [2.24, 2.45) is 28.5 Å². The molecule has 3 aliphatic carbocycles. The fourth-order valence-corrected chi connectivity index (χ4v) is 16.6. The second-order valence-corrected chi connectivity index (χ2v) is 32.2. The highest BCUT2D eigenvalue weighted by molar-refractivity contribution is 8.18. The molecule has 1 aliphatic heterocycles. The average molecular weight is 1650 g/mol. The van der Waals surface area contributed by atoms with Crippen molar-refractivity contribution < 1.29 is 62.0 Å². The Kier molecular flexibility index (Phi) is 59.0. The fraction of sp³-hybridized carbons (Fsp3) is 0.527. The molecular formula is C93H137BN6O13PS2. The van der Waals surface area contributed by atoms with Crippen molar-refractivity contribution in [2.45, 2.75) is 185 Å². The second kappa shape index (κ2) is 66.5. The van der Waals surface area contributed by atoms with Crippen molar-refractivity contribution in [3.05, 3.63) is 215 Å². The molecule has 6 amide bonds. The summed E-state index contributed by atoms with van der Waals surface area (Å²) in [5.74, 6) is 2.77. The van der Waals surface area contributed by atoms with Crippen LogP contribution in [-0.2, 0) is 62.7 Å². The molecule has 19 nitrogen and oxygen atoms in total. The standard InChI is InChI=1S/C29H38N2O2S2.C24H28N2O2.C13H10O.C11H20N2O2.3C5H12O2.CH5BP/c1-28(34-21-12-22-35-28)29(24-15-7-3-8-16-24,25-17-9-4-10-18-25)31-26(32)19-11-20-30-27(33)23-13-5-2-6-14-23;27-22(17-10-18-25-24(28)21-15-8-3-9-16-21)26-23(19-11-4-1-5-12-19)20-13-6-2-7-14-20;14-13(11-7-3-1-4-8-11)12-9-5-2-6-10-12;12-10(14)7-4-8-13-11(15)9-5-2-1-3-6-9;3*1-3-7-5-4-6-2;1-2-3/h3-4,7-10,15-18,23H,2,5-6,11-14,19-22H2,1H3,(H,30,33)(H,31,32);1-2,4-7,11-14,21H,3,8-10,15-18H2,(H,25,28);1-10H;9H,1-8H2,(H2,12,14)(H,13,15);3*3-5H2,1-2H3;3H2,1H3. The number of aliphatic imine (C=N–C) groups is 1. The number of carbonyl (C=O) groups excluding carboxylic acids is 7. The molecule has 6 aromatic carbocycles. The van der Waals surface area contributed by atoms with Crippen LogP contribution >= 0.6 is 32.6 Å². The van der Waals surface area contributed by atoms with Crippen molar-refractivity contribution in [1.29, 1.82) is 0 Å². The van der Waals surface area contributed by atoms with Gasteiger partial charge in [0.1, 0.15) is 12.5 Å². The van der Waals surface area contributed by atoms with Gasteiger partial charge in [-0.05, 0) is 115 Å². The van der Waals surface area contributed by atoms with E-state index in [1.54, 1.807) is 21.3 Å². The zero-order valence-corrected chi connectivity index (χ0v) is 73.6. The molecule has 6 aromatic rings. The van der Waals surface area contributed by atoms with Crippen LogP contribution in [0.25, 0.3) is 0 Å². The molecule has 1 atom stereocenters. The van der Waals surface area contributed by atoms with E-state index in [2.05, 4.69) is 90.8 Å². The Morgan fingerprint density at radius 3 is 1.06 bits per heavy atom. The number of hydrogen-bond donors (Lipinski definition) is 5. The molecule has 1 saturated heterocycles. The zero-order valence-electron chi connectivity index (χ0n) is 70.8. The van der Waals surface area contributed by atoms with E-state index >= 15 is 0 Å². The van der Waals surface area contributed by atoms with E-state index in [1.165, 1.54) is 38.5 Å². The minimum absolute atomic E-state index is 0.0256. The lowest BCUT2D eigenvalue weighted by Crippen LogP contribution is -2.59. The minimum Gasteiger partial charge on any atom is -0.382 e. The molecule has 1 radical (unpaired) electrons. The van der Waals surface area contributed by atoms with E-state index in [-0.39, 0.29) is 63.1 Å². The molecule has 23 heteroatoms. The predicted molar refractivity (Wildman–Crippen MR) is 482 cm³/mol. The van der Waals surface area contributed by atoms with Crippen LogP contribution in [0.3, 0.4) is 0 Å².